The zero-order chi connectivity index (χ0) is 19.9. The summed E-state index contributed by atoms with van der Waals surface area (Å²) in [7, 11) is 0. The van der Waals surface area contributed by atoms with Crippen LogP contribution in [0.1, 0.15) is 59.5 Å². The van der Waals surface area contributed by atoms with Crippen molar-refractivity contribution in [1.82, 2.24) is 20.4 Å². The lowest BCUT2D eigenvalue weighted by Crippen LogP contribution is -2.33. The van der Waals surface area contributed by atoms with Crippen molar-refractivity contribution in [2.75, 3.05) is 6.61 Å². The summed E-state index contributed by atoms with van der Waals surface area (Å²) in [6.45, 7) is 1.98. The molecule has 150 valence electrons. The monoisotopic (exact) mass is 396 g/mol. The van der Waals surface area contributed by atoms with Gasteiger partial charge in [0, 0.05) is 13.0 Å². The highest BCUT2D eigenvalue weighted by Crippen LogP contribution is 2.40. The zero-order valence-electron chi connectivity index (χ0n) is 15.1. The van der Waals surface area contributed by atoms with E-state index in [4.69, 9.17) is 9.26 Å². The molecule has 2 saturated carbocycles. The summed E-state index contributed by atoms with van der Waals surface area (Å²) in [6.07, 6.45) is -1.01. The van der Waals surface area contributed by atoms with Gasteiger partial charge in [-0.15, -0.1) is 0 Å². The van der Waals surface area contributed by atoms with E-state index in [9.17, 15) is 18.0 Å². The average molecular weight is 396 g/mol. The van der Waals surface area contributed by atoms with Crippen LogP contribution in [0.5, 0.6) is 5.88 Å². The second kappa shape index (κ2) is 7.06. The Morgan fingerprint density at radius 2 is 2.04 bits per heavy atom. The quantitative estimate of drug-likeness (QED) is 0.771. The fourth-order valence-electron chi connectivity index (χ4n) is 2.88. The minimum absolute atomic E-state index is 0.00317. The normalized spacial score (nSPS) is 18.0. The third kappa shape index (κ3) is 4.26. The number of alkyl halides is 3. The third-order valence-corrected chi connectivity index (χ3v) is 4.76. The molecule has 2 aromatic heterocycles. The van der Waals surface area contributed by atoms with Gasteiger partial charge in [0.05, 0.1) is 18.2 Å². The Hall–Kier alpha value is -2.65. The summed E-state index contributed by atoms with van der Waals surface area (Å²) >= 11 is 0. The van der Waals surface area contributed by atoms with Gasteiger partial charge in [0.15, 0.2) is 5.82 Å². The van der Waals surface area contributed by atoms with E-state index >= 15 is 0 Å². The second-order valence-corrected chi connectivity index (χ2v) is 7.26. The second-order valence-electron chi connectivity index (χ2n) is 7.26. The fourth-order valence-corrected chi connectivity index (χ4v) is 2.88. The van der Waals surface area contributed by atoms with E-state index in [0.717, 1.165) is 37.8 Å². The molecular weight excluding hydrogens is 377 g/mol. The maximum absolute atomic E-state index is 13.4. The van der Waals surface area contributed by atoms with Crippen LogP contribution in [0.4, 0.5) is 13.2 Å². The molecule has 10 heteroatoms. The standard InChI is InChI=1S/C18H19F3N4O3/c1-9-22-16(25-28-9)14(11-4-5-11)24-17(26)15-12(18(19,20)21)6-7-13(23-15)27-8-10-2-3-10/h6-7,10-11,14H,2-5,8H2,1H3,(H,24,26). The van der Waals surface area contributed by atoms with Crippen molar-refractivity contribution in [2.45, 2.75) is 44.8 Å². The number of ether oxygens (including phenoxy) is 1. The smallest absolute Gasteiger partial charge is 0.418 e. The van der Waals surface area contributed by atoms with E-state index in [1.807, 2.05) is 0 Å². The number of aromatic nitrogens is 3. The van der Waals surface area contributed by atoms with Crippen molar-refractivity contribution in [3.8, 4) is 5.88 Å². The number of pyridine rings is 1. The van der Waals surface area contributed by atoms with Crippen LogP contribution >= 0.6 is 0 Å². The van der Waals surface area contributed by atoms with E-state index < -0.39 is 29.4 Å². The summed E-state index contributed by atoms with van der Waals surface area (Å²) in [5, 5.41) is 6.40. The number of carbonyl (C=O) groups excluding carboxylic acids is 1. The van der Waals surface area contributed by atoms with Crippen LogP contribution in [0, 0.1) is 18.8 Å². The summed E-state index contributed by atoms with van der Waals surface area (Å²) in [5.74, 6) is 0.0983. The SMILES string of the molecule is Cc1nc(C(NC(=O)c2nc(OCC3CC3)ccc2C(F)(F)F)C2CC2)no1. The molecule has 1 N–H and O–H groups in total. The Labute approximate surface area is 158 Å². The molecule has 2 aliphatic carbocycles. The van der Waals surface area contributed by atoms with Crippen LogP contribution in [-0.2, 0) is 6.18 Å². The van der Waals surface area contributed by atoms with Crippen LogP contribution in [0.2, 0.25) is 0 Å². The van der Waals surface area contributed by atoms with Crippen molar-refractivity contribution < 1.29 is 27.2 Å². The molecular formula is C18H19F3N4O3. The van der Waals surface area contributed by atoms with Crippen LogP contribution in [0.25, 0.3) is 0 Å². The third-order valence-electron chi connectivity index (χ3n) is 4.76. The molecule has 28 heavy (non-hydrogen) atoms. The first-order chi connectivity index (χ1) is 13.3. The van der Waals surface area contributed by atoms with Crippen molar-refractivity contribution in [3.05, 3.63) is 35.1 Å². The van der Waals surface area contributed by atoms with Crippen molar-refractivity contribution in [2.24, 2.45) is 11.8 Å². The Bertz CT molecular complexity index is 875. The fraction of sp³-hybridized carbons (Fsp3) is 0.556. The van der Waals surface area contributed by atoms with Crippen LogP contribution in [-0.4, -0.2) is 27.6 Å². The largest absolute Gasteiger partial charge is 0.477 e. The molecule has 0 aliphatic heterocycles. The number of aryl methyl sites for hydroxylation is 1. The van der Waals surface area contributed by atoms with Gasteiger partial charge in [-0.25, -0.2) is 4.98 Å². The zero-order valence-corrected chi connectivity index (χ0v) is 15.1. The number of hydrogen-bond donors (Lipinski definition) is 1. The summed E-state index contributed by atoms with van der Waals surface area (Å²) in [4.78, 5) is 20.7. The predicted molar refractivity (Wildman–Crippen MR) is 89.4 cm³/mol. The number of rotatable bonds is 7. The molecule has 7 nitrogen and oxygen atoms in total. The maximum Gasteiger partial charge on any atom is 0.418 e. The number of halogens is 3. The molecule has 0 bridgehead atoms. The first-order valence-electron chi connectivity index (χ1n) is 9.13. The number of hydrogen-bond acceptors (Lipinski definition) is 6. The molecule has 0 spiro atoms. The molecule has 0 saturated heterocycles. The van der Waals surface area contributed by atoms with Gasteiger partial charge < -0.3 is 14.6 Å². The van der Waals surface area contributed by atoms with E-state index in [0.29, 0.717) is 18.4 Å². The van der Waals surface area contributed by atoms with Gasteiger partial charge in [-0.1, -0.05) is 5.16 Å². The highest BCUT2D eigenvalue weighted by molar-refractivity contribution is 5.94. The summed E-state index contributed by atoms with van der Waals surface area (Å²) in [5.41, 5.74) is -1.82. The maximum atomic E-state index is 13.4. The number of nitrogens with one attached hydrogen (secondary N) is 1. The Kier molecular flexibility index (Phi) is 4.72. The molecule has 2 fully saturated rings. The molecule has 2 heterocycles. The molecule has 0 radical (unpaired) electrons. The lowest BCUT2D eigenvalue weighted by molar-refractivity contribution is -0.138. The minimum Gasteiger partial charge on any atom is -0.477 e. The van der Waals surface area contributed by atoms with Gasteiger partial charge in [-0.2, -0.15) is 18.2 Å². The van der Waals surface area contributed by atoms with E-state index in [-0.39, 0.29) is 17.6 Å². The predicted octanol–water partition coefficient (Wildman–Crippen LogP) is 3.46. The van der Waals surface area contributed by atoms with Crippen LogP contribution in [0.3, 0.4) is 0 Å². The number of carbonyl (C=O) groups is 1. The molecule has 1 amide bonds. The van der Waals surface area contributed by atoms with Gasteiger partial charge in [-0.3, -0.25) is 4.79 Å². The molecule has 1 unspecified atom stereocenters. The average Bonchev–Trinajstić information content (AvgIpc) is 3.56. The number of amides is 1. The molecule has 0 aromatic carbocycles. The topological polar surface area (TPSA) is 90.1 Å². The summed E-state index contributed by atoms with van der Waals surface area (Å²) in [6, 6.07) is 1.35. The lowest BCUT2D eigenvalue weighted by Gasteiger charge is -2.17. The van der Waals surface area contributed by atoms with Gasteiger partial charge in [0.25, 0.3) is 5.91 Å². The highest BCUT2D eigenvalue weighted by atomic mass is 19.4. The van der Waals surface area contributed by atoms with Crippen molar-refractivity contribution in [3.63, 3.8) is 0 Å². The highest BCUT2D eigenvalue weighted by Gasteiger charge is 2.40. The minimum atomic E-state index is -4.72. The number of nitrogens with zero attached hydrogens (tertiary/aromatic N) is 3. The van der Waals surface area contributed by atoms with Gasteiger partial charge in [0.1, 0.15) is 5.69 Å². The Morgan fingerprint density at radius 3 is 2.61 bits per heavy atom. The van der Waals surface area contributed by atoms with Crippen LogP contribution in [0.15, 0.2) is 16.7 Å². The van der Waals surface area contributed by atoms with Gasteiger partial charge in [-0.05, 0) is 43.6 Å². The van der Waals surface area contributed by atoms with E-state index in [1.165, 1.54) is 0 Å². The van der Waals surface area contributed by atoms with Gasteiger partial charge in [0.2, 0.25) is 11.8 Å². The van der Waals surface area contributed by atoms with E-state index in [2.05, 4.69) is 20.4 Å². The van der Waals surface area contributed by atoms with Crippen molar-refractivity contribution in [1.29, 1.82) is 0 Å². The van der Waals surface area contributed by atoms with E-state index in [1.54, 1.807) is 6.92 Å². The van der Waals surface area contributed by atoms with Gasteiger partial charge >= 0.3 is 6.18 Å². The molecule has 4 rings (SSSR count). The summed E-state index contributed by atoms with van der Waals surface area (Å²) < 4.78 is 50.6. The first-order valence-corrected chi connectivity index (χ1v) is 9.13. The van der Waals surface area contributed by atoms with Crippen LogP contribution < -0.4 is 10.1 Å². The Morgan fingerprint density at radius 1 is 1.29 bits per heavy atom. The first kappa shape index (κ1) is 18.7. The molecule has 2 aliphatic rings. The lowest BCUT2D eigenvalue weighted by atomic mass is 10.1. The molecule has 1 atom stereocenters. The molecule has 2 aromatic rings. The Balaban J connectivity index is 1.59. The van der Waals surface area contributed by atoms with Crippen molar-refractivity contribution >= 4 is 5.91 Å².